The van der Waals surface area contributed by atoms with Crippen LogP contribution in [0.1, 0.15) is 36.9 Å². The van der Waals surface area contributed by atoms with Crippen LogP contribution in [0, 0.1) is 0 Å². The Kier molecular flexibility index (Phi) is 5.44. The Morgan fingerprint density at radius 2 is 2.05 bits per heavy atom. The fraction of sp³-hybridized carbons (Fsp3) is 0.647. The Labute approximate surface area is 123 Å². The summed E-state index contributed by atoms with van der Waals surface area (Å²) in [6.45, 7) is 5.57. The molecule has 0 amide bonds. The van der Waals surface area contributed by atoms with E-state index in [9.17, 15) is 0 Å². The third kappa shape index (κ3) is 3.33. The first-order valence-electron chi connectivity index (χ1n) is 7.72. The standard InChI is InChI=1S/C17H28N2O/c1-5-18(2)12-13-19(3)16-10-6-9-15-14(16)8-7-11-17(15)20-4/h7-8,11,16H,5-6,9-10,12-13H2,1-4H3. The van der Waals surface area contributed by atoms with Crippen molar-refractivity contribution < 1.29 is 4.74 Å². The second-order valence-electron chi connectivity index (χ2n) is 5.81. The Hall–Kier alpha value is -1.06. The monoisotopic (exact) mass is 276 g/mol. The second kappa shape index (κ2) is 7.09. The van der Waals surface area contributed by atoms with Gasteiger partial charge in [0.15, 0.2) is 0 Å². The van der Waals surface area contributed by atoms with Crippen LogP contribution < -0.4 is 4.74 Å². The highest BCUT2D eigenvalue weighted by Crippen LogP contribution is 2.37. The van der Waals surface area contributed by atoms with Gasteiger partial charge in [-0.25, -0.2) is 0 Å². The normalized spacial score (nSPS) is 18.4. The number of rotatable bonds is 6. The van der Waals surface area contributed by atoms with E-state index in [-0.39, 0.29) is 0 Å². The molecule has 0 bridgehead atoms. The van der Waals surface area contributed by atoms with Crippen molar-refractivity contribution in [3.8, 4) is 5.75 Å². The minimum absolute atomic E-state index is 0.541. The van der Waals surface area contributed by atoms with Crippen molar-refractivity contribution in [3.05, 3.63) is 29.3 Å². The van der Waals surface area contributed by atoms with Gasteiger partial charge in [-0.3, -0.25) is 4.90 Å². The van der Waals surface area contributed by atoms with Gasteiger partial charge in [0.05, 0.1) is 7.11 Å². The second-order valence-corrected chi connectivity index (χ2v) is 5.81. The van der Waals surface area contributed by atoms with E-state index in [1.54, 1.807) is 7.11 Å². The first kappa shape index (κ1) is 15.3. The molecule has 0 heterocycles. The molecule has 0 saturated carbocycles. The molecule has 1 aliphatic carbocycles. The molecule has 1 aliphatic rings. The van der Waals surface area contributed by atoms with E-state index in [4.69, 9.17) is 4.74 Å². The molecule has 112 valence electrons. The molecular weight excluding hydrogens is 248 g/mol. The Morgan fingerprint density at radius 3 is 2.75 bits per heavy atom. The van der Waals surface area contributed by atoms with Crippen LogP contribution >= 0.6 is 0 Å². The predicted molar refractivity (Wildman–Crippen MR) is 84.5 cm³/mol. The highest BCUT2D eigenvalue weighted by molar-refractivity contribution is 5.43. The zero-order valence-corrected chi connectivity index (χ0v) is 13.4. The van der Waals surface area contributed by atoms with Gasteiger partial charge in [-0.15, -0.1) is 0 Å². The molecular formula is C17H28N2O. The minimum Gasteiger partial charge on any atom is -0.496 e. The molecule has 0 aromatic heterocycles. The number of benzene rings is 1. The molecule has 1 aromatic carbocycles. The first-order chi connectivity index (χ1) is 9.67. The molecule has 20 heavy (non-hydrogen) atoms. The van der Waals surface area contributed by atoms with Gasteiger partial charge in [0.25, 0.3) is 0 Å². The van der Waals surface area contributed by atoms with Crippen LogP contribution in [-0.2, 0) is 6.42 Å². The lowest BCUT2D eigenvalue weighted by molar-refractivity contribution is 0.192. The van der Waals surface area contributed by atoms with E-state index in [0.717, 1.165) is 31.8 Å². The summed E-state index contributed by atoms with van der Waals surface area (Å²) in [4.78, 5) is 4.87. The Morgan fingerprint density at radius 1 is 1.25 bits per heavy atom. The predicted octanol–water partition coefficient (Wildman–Crippen LogP) is 2.96. The Balaban J connectivity index is 2.11. The lowest BCUT2D eigenvalue weighted by Gasteiger charge is -2.34. The van der Waals surface area contributed by atoms with Crippen molar-refractivity contribution in [2.45, 2.75) is 32.2 Å². The highest BCUT2D eigenvalue weighted by atomic mass is 16.5. The van der Waals surface area contributed by atoms with E-state index in [1.807, 2.05) is 0 Å². The molecule has 0 fully saturated rings. The third-order valence-corrected chi connectivity index (χ3v) is 4.56. The van der Waals surface area contributed by atoms with Crippen molar-refractivity contribution in [1.29, 1.82) is 0 Å². The van der Waals surface area contributed by atoms with E-state index in [2.05, 4.69) is 49.0 Å². The number of hydrogen-bond donors (Lipinski definition) is 0. The summed E-state index contributed by atoms with van der Waals surface area (Å²) >= 11 is 0. The molecule has 2 rings (SSSR count). The largest absolute Gasteiger partial charge is 0.496 e. The summed E-state index contributed by atoms with van der Waals surface area (Å²) in [6, 6.07) is 7.04. The molecule has 1 unspecified atom stereocenters. The molecule has 1 atom stereocenters. The highest BCUT2D eigenvalue weighted by Gasteiger charge is 2.25. The fourth-order valence-electron chi connectivity index (χ4n) is 3.08. The number of methoxy groups -OCH3 is 1. The topological polar surface area (TPSA) is 15.7 Å². The maximum Gasteiger partial charge on any atom is 0.122 e. The lowest BCUT2D eigenvalue weighted by atomic mass is 9.86. The smallest absolute Gasteiger partial charge is 0.122 e. The maximum absolute atomic E-state index is 5.53. The minimum atomic E-state index is 0.541. The average molecular weight is 276 g/mol. The number of hydrogen-bond acceptors (Lipinski definition) is 3. The van der Waals surface area contributed by atoms with Gasteiger partial charge in [0, 0.05) is 19.1 Å². The summed E-state index contributed by atoms with van der Waals surface area (Å²) in [6.07, 6.45) is 3.66. The van der Waals surface area contributed by atoms with Crippen molar-refractivity contribution in [1.82, 2.24) is 9.80 Å². The van der Waals surface area contributed by atoms with E-state index < -0.39 is 0 Å². The first-order valence-corrected chi connectivity index (χ1v) is 7.72. The van der Waals surface area contributed by atoms with Crippen molar-refractivity contribution >= 4 is 0 Å². The summed E-state index contributed by atoms with van der Waals surface area (Å²) in [5, 5.41) is 0. The van der Waals surface area contributed by atoms with Crippen molar-refractivity contribution in [2.75, 3.05) is 40.8 Å². The zero-order valence-electron chi connectivity index (χ0n) is 13.4. The molecule has 3 nitrogen and oxygen atoms in total. The maximum atomic E-state index is 5.53. The summed E-state index contributed by atoms with van der Waals surface area (Å²) in [5.41, 5.74) is 2.89. The number of fused-ring (bicyclic) bond motifs is 1. The molecule has 0 spiro atoms. The molecule has 0 aliphatic heterocycles. The van der Waals surface area contributed by atoms with Gasteiger partial charge in [0.2, 0.25) is 0 Å². The van der Waals surface area contributed by atoms with Gasteiger partial charge in [-0.2, -0.15) is 0 Å². The number of ether oxygens (including phenoxy) is 1. The summed E-state index contributed by atoms with van der Waals surface area (Å²) in [7, 11) is 6.22. The van der Waals surface area contributed by atoms with Crippen LogP contribution in [0.3, 0.4) is 0 Å². The van der Waals surface area contributed by atoms with Crippen LogP contribution in [0.4, 0.5) is 0 Å². The third-order valence-electron chi connectivity index (χ3n) is 4.56. The fourth-order valence-corrected chi connectivity index (χ4v) is 3.08. The number of nitrogens with zero attached hydrogens (tertiary/aromatic N) is 2. The molecule has 0 saturated heterocycles. The van der Waals surface area contributed by atoms with Gasteiger partial charge < -0.3 is 9.64 Å². The molecule has 1 aromatic rings. The van der Waals surface area contributed by atoms with Gasteiger partial charge in [-0.1, -0.05) is 19.1 Å². The quantitative estimate of drug-likeness (QED) is 0.794. The average Bonchev–Trinajstić information content (AvgIpc) is 2.50. The van der Waals surface area contributed by atoms with Crippen LogP contribution in [0.25, 0.3) is 0 Å². The van der Waals surface area contributed by atoms with Crippen molar-refractivity contribution in [3.63, 3.8) is 0 Å². The number of likely N-dealkylation sites (N-methyl/N-ethyl adjacent to an activating group) is 2. The summed E-state index contributed by atoms with van der Waals surface area (Å²) < 4.78 is 5.53. The Bertz CT molecular complexity index is 433. The van der Waals surface area contributed by atoms with Gasteiger partial charge >= 0.3 is 0 Å². The summed E-state index contributed by atoms with van der Waals surface area (Å²) in [5.74, 6) is 1.06. The van der Waals surface area contributed by atoms with Crippen molar-refractivity contribution in [2.24, 2.45) is 0 Å². The molecule has 3 heteroatoms. The zero-order chi connectivity index (χ0) is 14.5. The van der Waals surface area contributed by atoms with E-state index in [1.165, 1.54) is 24.0 Å². The molecule has 0 N–H and O–H groups in total. The van der Waals surface area contributed by atoms with Gasteiger partial charge in [0.1, 0.15) is 5.75 Å². The van der Waals surface area contributed by atoms with Crippen LogP contribution in [0.5, 0.6) is 5.75 Å². The van der Waals surface area contributed by atoms with Crippen LogP contribution in [-0.4, -0.2) is 50.6 Å². The SMILES string of the molecule is CCN(C)CCN(C)C1CCCc2c(OC)cccc21. The lowest BCUT2D eigenvalue weighted by Crippen LogP contribution is -2.34. The van der Waals surface area contributed by atoms with E-state index in [0.29, 0.717) is 6.04 Å². The van der Waals surface area contributed by atoms with Crippen LogP contribution in [0.2, 0.25) is 0 Å². The molecule has 0 radical (unpaired) electrons. The van der Waals surface area contributed by atoms with E-state index >= 15 is 0 Å². The van der Waals surface area contributed by atoms with Crippen LogP contribution in [0.15, 0.2) is 18.2 Å². The van der Waals surface area contributed by atoms with Gasteiger partial charge in [-0.05, 0) is 57.1 Å².